The van der Waals surface area contributed by atoms with E-state index in [1.807, 2.05) is 4.90 Å². The van der Waals surface area contributed by atoms with E-state index in [-0.39, 0.29) is 23.7 Å². The minimum Gasteiger partial charge on any atom is -0.360 e. The van der Waals surface area contributed by atoms with Gasteiger partial charge in [0.15, 0.2) is 0 Å². The van der Waals surface area contributed by atoms with Gasteiger partial charge in [-0.25, -0.2) is 4.39 Å². The molecule has 4 rings (SSSR count). The molecule has 27 heavy (non-hydrogen) atoms. The molecule has 1 aromatic heterocycles. The van der Waals surface area contributed by atoms with E-state index in [9.17, 15) is 14.0 Å². The first kappa shape index (κ1) is 18.0. The van der Waals surface area contributed by atoms with Crippen LogP contribution in [0.5, 0.6) is 0 Å². The van der Waals surface area contributed by atoms with Gasteiger partial charge in [-0.3, -0.25) is 9.59 Å². The lowest BCUT2D eigenvalue weighted by Gasteiger charge is -2.32. The predicted octanol–water partition coefficient (Wildman–Crippen LogP) is 3.61. The van der Waals surface area contributed by atoms with Gasteiger partial charge in [0, 0.05) is 42.7 Å². The molecule has 2 fully saturated rings. The van der Waals surface area contributed by atoms with E-state index in [1.54, 1.807) is 12.3 Å². The van der Waals surface area contributed by atoms with E-state index in [4.69, 9.17) is 0 Å². The molecule has 2 amide bonds. The molecule has 0 radical (unpaired) electrons. The SMILES string of the molecule is O=C(CC1CCCC1)NC1CCN(C(=O)c2c[nH]c3cc(F)ccc23)CC1. The lowest BCUT2D eigenvalue weighted by Crippen LogP contribution is -2.46. The highest BCUT2D eigenvalue weighted by molar-refractivity contribution is 6.06. The van der Waals surface area contributed by atoms with Crippen molar-refractivity contribution < 1.29 is 14.0 Å². The average molecular weight is 371 g/mol. The second-order valence-corrected chi connectivity index (χ2v) is 7.88. The van der Waals surface area contributed by atoms with Gasteiger partial charge in [0.05, 0.1) is 5.56 Å². The topological polar surface area (TPSA) is 65.2 Å². The first-order valence-corrected chi connectivity index (χ1v) is 9.95. The van der Waals surface area contributed by atoms with Crippen molar-refractivity contribution >= 4 is 22.7 Å². The number of carbonyl (C=O) groups is 2. The monoisotopic (exact) mass is 371 g/mol. The summed E-state index contributed by atoms with van der Waals surface area (Å²) < 4.78 is 13.3. The number of halogens is 1. The van der Waals surface area contributed by atoms with Crippen molar-refractivity contribution in [3.8, 4) is 0 Å². The van der Waals surface area contributed by atoms with Crippen LogP contribution in [0.4, 0.5) is 4.39 Å². The van der Waals surface area contributed by atoms with Crippen LogP contribution in [0, 0.1) is 11.7 Å². The van der Waals surface area contributed by atoms with E-state index >= 15 is 0 Å². The van der Waals surface area contributed by atoms with Gasteiger partial charge in [-0.05, 0) is 49.8 Å². The fourth-order valence-electron chi connectivity index (χ4n) is 4.44. The number of piperidine rings is 1. The normalized spacial score (nSPS) is 18.9. The number of rotatable bonds is 4. The maximum Gasteiger partial charge on any atom is 0.256 e. The first-order valence-electron chi connectivity index (χ1n) is 9.95. The Morgan fingerprint density at radius 2 is 1.89 bits per heavy atom. The molecule has 1 aliphatic heterocycles. The number of amides is 2. The third-order valence-corrected chi connectivity index (χ3v) is 5.97. The molecule has 2 N–H and O–H groups in total. The highest BCUT2D eigenvalue weighted by atomic mass is 19.1. The van der Waals surface area contributed by atoms with Crippen LogP contribution in [-0.2, 0) is 4.79 Å². The average Bonchev–Trinajstić information content (AvgIpc) is 3.31. The van der Waals surface area contributed by atoms with Crippen molar-refractivity contribution in [2.24, 2.45) is 5.92 Å². The van der Waals surface area contributed by atoms with Gasteiger partial charge in [-0.15, -0.1) is 0 Å². The minimum absolute atomic E-state index is 0.0383. The summed E-state index contributed by atoms with van der Waals surface area (Å²) in [7, 11) is 0. The van der Waals surface area contributed by atoms with Crippen molar-refractivity contribution in [1.29, 1.82) is 0 Å². The molecular weight excluding hydrogens is 345 g/mol. The maximum absolute atomic E-state index is 13.3. The Kier molecular flexibility index (Phi) is 5.14. The molecule has 0 spiro atoms. The molecule has 2 heterocycles. The zero-order chi connectivity index (χ0) is 18.8. The maximum atomic E-state index is 13.3. The Morgan fingerprint density at radius 1 is 1.15 bits per heavy atom. The third kappa shape index (κ3) is 3.99. The van der Waals surface area contributed by atoms with E-state index in [0.717, 1.165) is 18.2 Å². The summed E-state index contributed by atoms with van der Waals surface area (Å²) in [5.41, 5.74) is 1.21. The van der Waals surface area contributed by atoms with Gasteiger partial charge < -0.3 is 15.2 Å². The fourth-order valence-corrected chi connectivity index (χ4v) is 4.44. The molecule has 2 aliphatic rings. The summed E-state index contributed by atoms with van der Waals surface area (Å²) in [4.78, 5) is 29.9. The highest BCUT2D eigenvalue weighted by Crippen LogP contribution is 2.27. The number of H-pyrrole nitrogens is 1. The van der Waals surface area contributed by atoms with Gasteiger partial charge in [0.25, 0.3) is 5.91 Å². The lowest BCUT2D eigenvalue weighted by molar-refractivity contribution is -0.122. The van der Waals surface area contributed by atoms with Crippen LogP contribution in [0.3, 0.4) is 0 Å². The molecule has 6 heteroatoms. The number of likely N-dealkylation sites (tertiary alicyclic amines) is 1. The summed E-state index contributed by atoms with van der Waals surface area (Å²) in [6.07, 6.45) is 8.70. The predicted molar refractivity (Wildman–Crippen MR) is 102 cm³/mol. The largest absolute Gasteiger partial charge is 0.360 e. The number of aromatic nitrogens is 1. The van der Waals surface area contributed by atoms with Crippen LogP contribution in [0.2, 0.25) is 0 Å². The quantitative estimate of drug-likeness (QED) is 0.862. The number of fused-ring (bicyclic) bond motifs is 1. The summed E-state index contributed by atoms with van der Waals surface area (Å²) in [5.74, 6) is 0.352. The van der Waals surface area contributed by atoms with Crippen molar-refractivity contribution in [1.82, 2.24) is 15.2 Å². The van der Waals surface area contributed by atoms with E-state index < -0.39 is 0 Å². The molecule has 1 aliphatic carbocycles. The molecule has 0 atom stereocenters. The summed E-state index contributed by atoms with van der Waals surface area (Å²) in [6, 6.07) is 4.57. The number of nitrogens with one attached hydrogen (secondary N) is 2. The molecule has 2 aromatic rings. The standard InChI is InChI=1S/C21H26FN3O2/c22-15-5-6-17-18(13-23-19(17)12-15)21(27)25-9-7-16(8-10-25)24-20(26)11-14-3-1-2-4-14/h5-6,12-14,16,23H,1-4,7-11H2,(H,24,26). The molecule has 1 saturated carbocycles. The fraction of sp³-hybridized carbons (Fsp3) is 0.524. The second-order valence-electron chi connectivity index (χ2n) is 7.88. The number of hydrogen-bond donors (Lipinski definition) is 2. The minimum atomic E-state index is -0.322. The Bertz CT molecular complexity index is 833. The summed E-state index contributed by atoms with van der Waals surface area (Å²) in [5, 5.41) is 3.89. The highest BCUT2D eigenvalue weighted by Gasteiger charge is 2.27. The Hall–Kier alpha value is -2.37. The smallest absolute Gasteiger partial charge is 0.256 e. The van der Waals surface area contributed by atoms with E-state index in [2.05, 4.69) is 10.3 Å². The molecule has 0 bridgehead atoms. The Morgan fingerprint density at radius 3 is 2.63 bits per heavy atom. The zero-order valence-electron chi connectivity index (χ0n) is 15.5. The van der Waals surface area contributed by atoms with Gasteiger partial charge in [-0.1, -0.05) is 12.8 Å². The van der Waals surface area contributed by atoms with Gasteiger partial charge in [-0.2, -0.15) is 0 Å². The number of benzene rings is 1. The van der Waals surface area contributed by atoms with Crippen molar-refractivity contribution in [3.63, 3.8) is 0 Å². The number of nitrogens with zero attached hydrogens (tertiary/aromatic N) is 1. The van der Waals surface area contributed by atoms with E-state index in [1.165, 1.54) is 37.8 Å². The van der Waals surface area contributed by atoms with Crippen molar-refractivity contribution in [2.75, 3.05) is 13.1 Å². The molecule has 1 saturated heterocycles. The molecule has 0 unspecified atom stereocenters. The molecular formula is C21H26FN3O2. The summed E-state index contributed by atoms with van der Waals surface area (Å²) in [6.45, 7) is 1.25. The van der Waals surface area contributed by atoms with Crippen LogP contribution in [-0.4, -0.2) is 40.8 Å². The molecule has 1 aromatic carbocycles. The van der Waals surface area contributed by atoms with Crippen LogP contribution < -0.4 is 5.32 Å². The van der Waals surface area contributed by atoms with Crippen LogP contribution in [0.1, 0.15) is 55.3 Å². The molecule has 5 nitrogen and oxygen atoms in total. The zero-order valence-corrected chi connectivity index (χ0v) is 15.5. The van der Waals surface area contributed by atoms with Crippen LogP contribution in [0.15, 0.2) is 24.4 Å². The summed E-state index contributed by atoms with van der Waals surface area (Å²) >= 11 is 0. The van der Waals surface area contributed by atoms with Crippen molar-refractivity contribution in [2.45, 2.75) is 51.0 Å². The second kappa shape index (κ2) is 7.71. The van der Waals surface area contributed by atoms with Crippen molar-refractivity contribution in [3.05, 3.63) is 35.8 Å². The number of hydrogen-bond acceptors (Lipinski definition) is 2. The Balaban J connectivity index is 1.31. The van der Waals surface area contributed by atoms with Gasteiger partial charge in [0.2, 0.25) is 5.91 Å². The van der Waals surface area contributed by atoms with E-state index in [0.29, 0.717) is 36.5 Å². The first-order chi connectivity index (χ1) is 13.1. The molecule has 144 valence electrons. The third-order valence-electron chi connectivity index (χ3n) is 5.97. The Labute approximate surface area is 158 Å². The van der Waals surface area contributed by atoms with Gasteiger partial charge >= 0.3 is 0 Å². The number of aromatic amines is 1. The van der Waals surface area contributed by atoms with Crippen LogP contribution >= 0.6 is 0 Å². The lowest BCUT2D eigenvalue weighted by atomic mass is 10.0. The van der Waals surface area contributed by atoms with Crippen LogP contribution in [0.25, 0.3) is 10.9 Å². The van der Waals surface area contributed by atoms with Gasteiger partial charge in [0.1, 0.15) is 5.82 Å². The number of carbonyl (C=O) groups excluding carboxylic acids is 2.